The Labute approximate surface area is 98.1 Å². The largest absolute Gasteiger partial charge is 0.377 e. The number of piperidine rings is 1. The average molecular weight is 225 g/mol. The molecule has 4 atom stereocenters. The van der Waals surface area contributed by atoms with Gasteiger partial charge in [0.2, 0.25) is 0 Å². The third-order valence-electron chi connectivity index (χ3n) is 4.40. The van der Waals surface area contributed by atoms with E-state index in [0.717, 1.165) is 13.2 Å². The molecule has 0 radical (unpaired) electrons. The zero-order valence-electron chi connectivity index (χ0n) is 10.6. The molecule has 2 saturated heterocycles. The van der Waals surface area contributed by atoms with E-state index in [4.69, 9.17) is 4.74 Å². The molecule has 0 spiro atoms. The molecule has 0 aromatic carbocycles. The van der Waals surface area contributed by atoms with Crippen molar-refractivity contribution in [1.29, 1.82) is 0 Å². The quantitative estimate of drug-likeness (QED) is 0.718. The van der Waals surface area contributed by atoms with Crippen molar-refractivity contribution >= 4 is 5.78 Å². The van der Waals surface area contributed by atoms with Crippen LogP contribution >= 0.6 is 0 Å². The molecule has 2 heterocycles. The molecule has 2 aliphatic rings. The number of nitrogens with zero attached hydrogens (tertiary/aromatic N) is 1. The van der Waals surface area contributed by atoms with Crippen LogP contribution in [0.5, 0.6) is 0 Å². The van der Waals surface area contributed by atoms with E-state index < -0.39 is 0 Å². The van der Waals surface area contributed by atoms with Gasteiger partial charge in [-0.1, -0.05) is 6.92 Å². The van der Waals surface area contributed by atoms with E-state index >= 15 is 0 Å². The molecule has 0 aromatic rings. The standard InChI is InChI=1S/C13H23NO2/c1-9-10(2)14(7-6-12(9)15)11(3)13-5-4-8-16-13/h9-11,13H,4-8H2,1-3H3. The van der Waals surface area contributed by atoms with E-state index in [-0.39, 0.29) is 5.92 Å². The van der Waals surface area contributed by atoms with Crippen molar-refractivity contribution in [1.82, 2.24) is 4.90 Å². The van der Waals surface area contributed by atoms with Crippen molar-refractivity contribution in [3.05, 3.63) is 0 Å². The van der Waals surface area contributed by atoms with Gasteiger partial charge in [-0.05, 0) is 26.7 Å². The third-order valence-corrected chi connectivity index (χ3v) is 4.40. The molecule has 3 heteroatoms. The predicted molar refractivity (Wildman–Crippen MR) is 63.4 cm³/mol. The van der Waals surface area contributed by atoms with Crippen LogP contribution in [-0.2, 0) is 9.53 Å². The van der Waals surface area contributed by atoms with Crippen molar-refractivity contribution in [2.75, 3.05) is 13.2 Å². The van der Waals surface area contributed by atoms with Crippen molar-refractivity contribution in [3.8, 4) is 0 Å². The highest BCUT2D eigenvalue weighted by Crippen LogP contribution is 2.27. The molecular weight excluding hydrogens is 202 g/mol. The zero-order chi connectivity index (χ0) is 11.7. The molecule has 3 nitrogen and oxygen atoms in total. The highest BCUT2D eigenvalue weighted by molar-refractivity contribution is 5.82. The van der Waals surface area contributed by atoms with Gasteiger partial charge < -0.3 is 4.74 Å². The molecule has 0 bridgehead atoms. The van der Waals surface area contributed by atoms with Gasteiger partial charge in [0.05, 0.1) is 6.10 Å². The summed E-state index contributed by atoms with van der Waals surface area (Å²) in [5, 5.41) is 0. The second kappa shape index (κ2) is 4.84. The summed E-state index contributed by atoms with van der Waals surface area (Å²) in [7, 11) is 0. The van der Waals surface area contributed by atoms with E-state index in [1.807, 2.05) is 0 Å². The summed E-state index contributed by atoms with van der Waals surface area (Å²) in [4.78, 5) is 14.1. The Morgan fingerprint density at radius 1 is 1.44 bits per heavy atom. The van der Waals surface area contributed by atoms with Gasteiger partial charge in [-0.3, -0.25) is 9.69 Å². The highest BCUT2D eigenvalue weighted by atomic mass is 16.5. The number of ketones is 1. The summed E-state index contributed by atoms with van der Waals surface area (Å²) >= 11 is 0. The lowest BCUT2D eigenvalue weighted by atomic mass is 9.88. The number of carbonyl (C=O) groups excluding carboxylic acids is 1. The highest BCUT2D eigenvalue weighted by Gasteiger charge is 2.36. The molecule has 0 saturated carbocycles. The number of carbonyl (C=O) groups is 1. The summed E-state index contributed by atoms with van der Waals surface area (Å²) in [5.74, 6) is 0.598. The van der Waals surface area contributed by atoms with E-state index in [1.165, 1.54) is 12.8 Å². The number of Topliss-reactive ketones (excluding diaryl/α,β-unsaturated/α-hetero) is 1. The molecule has 2 aliphatic heterocycles. The minimum absolute atomic E-state index is 0.178. The molecule has 4 unspecified atom stereocenters. The normalized spacial score (nSPS) is 38.9. The van der Waals surface area contributed by atoms with Crippen LogP contribution in [0.15, 0.2) is 0 Å². The first-order chi connectivity index (χ1) is 7.61. The molecule has 0 aliphatic carbocycles. The molecular formula is C13H23NO2. The maximum Gasteiger partial charge on any atom is 0.138 e. The number of rotatable bonds is 2. The Kier molecular flexibility index (Phi) is 3.65. The number of hydrogen-bond donors (Lipinski definition) is 0. The number of ether oxygens (including phenoxy) is 1. The molecule has 16 heavy (non-hydrogen) atoms. The second-order valence-electron chi connectivity index (χ2n) is 5.28. The molecule has 0 aromatic heterocycles. The maximum atomic E-state index is 11.6. The SMILES string of the molecule is CC1C(=O)CCN(C(C)C2CCCO2)C1C. The Morgan fingerprint density at radius 2 is 2.19 bits per heavy atom. The van der Waals surface area contributed by atoms with Gasteiger partial charge in [-0.2, -0.15) is 0 Å². The van der Waals surface area contributed by atoms with Gasteiger partial charge in [0, 0.05) is 37.6 Å². The third kappa shape index (κ3) is 2.16. The summed E-state index contributed by atoms with van der Waals surface area (Å²) in [6.45, 7) is 8.29. The van der Waals surface area contributed by atoms with Crippen LogP contribution in [0.2, 0.25) is 0 Å². The van der Waals surface area contributed by atoms with Gasteiger partial charge in [-0.15, -0.1) is 0 Å². The molecule has 2 rings (SSSR count). The first kappa shape index (κ1) is 12.1. The molecule has 92 valence electrons. The first-order valence-corrected chi connectivity index (χ1v) is 6.51. The number of likely N-dealkylation sites (tertiary alicyclic amines) is 1. The van der Waals surface area contributed by atoms with Gasteiger partial charge in [0.15, 0.2) is 0 Å². The fourth-order valence-corrected chi connectivity index (χ4v) is 3.00. The Balaban J connectivity index is 2.00. The predicted octanol–water partition coefficient (Wildman–Crippen LogP) is 1.85. The van der Waals surface area contributed by atoms with Crippen LogP contribution in [0, 0.1) is 5.92 Å². The van der Waals surface area contributed by atoms with Crippen molar-refractivity contribution in [2.24, 2.45) is 5.92 Å². The van der Waals surface area contributed by atoms with Gasteiger partial charge in [0.25, 0.3) is 0 Å². The fourth-order valence-electron chi connectivity index (χ4n) is 3.00. The summed E-state index contributed by atoms with van der Waals surface area (Å²) in [5.41, 5.74) is 0. The van der Waals surface area contributed by atoms with Gasteiger partial charge in [-0.25, -0.2) is 0 Å². The lowest BCUT2D eigenvalue weighted by Crippen LogP contribution is -2.53. The monoisotopic (exact) mass is 225 g/mol. The molecule has 2 fully saturated rings. The Morgan fingerprint density at radius 3 is 2.81 bits per heavy atom. The Bertz CT molecular complexity index is 261. The smallest absolute Gasteiger partial charge is 0.138 e. The van der Waals surface area contributed by atoms with Crippen LogP contribution in [0.4, 0.5) is 0 Å². The minimum atomic E-state index is 0.178. The van der Waals surface area contributed by atoms with Crippen LogP contribution < -0.4 is 0 Å². The molecule has 0 N–H and O–H groups in total. The van der Waals surface area contributed by atoms with Crippen LogP contribution in [-0.4, -0.2) is 42.0 Å². The molecule has 0 amide bonds. The van der Waals surface area contributed by atoms with Crippen LogP contribution in [0.25, 0.3) is 0 Å². The van der Waals surface area contributed by atoms with Crippen molar-refractivity contribution < 1.29 is 9.53 Å². The van der Waals surface area contributed by atoms with Crippen molar-refractivity contribution in [2.45, 2.75) is 58.2 Å². The second-order valence-corrected chi connectivity index (χ2v) is 5.28. The minimum Gasteiger partial charge on any atom is -0.377 e. The van der Waals surface area contributed by atoms with Crippen LogP contribution in [0.1, 0.15) is 40.0 Å². The Hall–Kier alpha value is -0.410. The van der Waals surface area contributed by atoms with Gasteiger partial charge >= 0.3 is 0 Å². The first-order valence-electron chi connectivity index (χ1n) is 6.51. The lowest BCUT2D eigenvalue weighted by molar-refractivity contribution is -0.130. The summed E-state index contributed by atoms with van der Waals surface area (Å²) < 4.78 is 5.75. The van der Waals surface area contributed by atoms with E-state index in [0.29, 0.717) is 30.4 Å². The van der Waals surface area contributed by atoms with E-state index in [1.54, 1.807) is 0 Å². The van der Waals surface area contributed by atoms with E-state index in [9.17, 15) is 4.79 Å². The fraction of sp³-hybridized carbons (Fsp3) is 0.923. The lowest BCUT2D eigenvalue weighted by Gasteiger charge is -2.42. The van der Waals surface area contributed by atoms with E-state index in [2.05, 4.69) is 25.7 Å². The van der Waals surface area contributed by atoms with Crippen molar-refractivity contribution in [3.63, 3.8) is 0 Å². The number of hydrogen-bond acceptors (Lipinski definition) is 3. The average Bonchev–Trinajstić information content (AvgIpc) is 2.79. The topological polar surface area (TPSA) is 29.5 Å². The van der Waals surface area contributed by atoms with Crippen LogP contribution in [0.3, 0.4) is 0 Å². The summed E-state index contributed by atoms with van der Waals surface area (Å²) in [6.07, 6.45) is 3.45. The summed E-state index contributed by atoms with van der Waals surface area (Å²) in [6, 6.07) is 0.813. The zero-order valence-corrected chi connectivity index (χ0v) is 10.6. The van der Waals surface area contributed by atoms with Gasteiger partial charge in [0.1, 0.15) is 5.78 Å². The maximum absolute atomic E-state index is 11.6.